The molecule has 1 aliphatic heterocycles. The SMILES string of the molecule is CC(C)CCCN1CCC(C)CC1C(=O)O. The van der Waals surface area contributed by atoms with Gasteiger partial charge in [-0.05, 0) is 50.6 Å². The number of carboxylic acid groups (broad SMARTS) is 1. The van der Waals surface area contributed by atoms with Crippen LogP contribution >= 0.6 is 0 Å². The minimum atomic E-state index is -0.643. The van der Waals surface area contributed by atoms with Crippen molar-refractivity contribution in [3.63, 3.8) is 0 Å². The highest BCUT2D eigenvalue weighted by Crippen LogP contribution is 2.23. The first-order valence-electron chi connectivity index (χ1n) is 6.47. The lowest BCUT2D eigenvalue weighted by atomic mass is 9.92. The van der Waals surface area contributed by atoms with Crippen LogP contribution in [-0.4, -0.2) is 35.1 Å². The van der Waals surface area contributed by atoms with Crippen molar-refractivity contribution in [1.29, 1.82) is 0 Å². The van der Waals surface area contributed by atoms with E-state index in [4.69, 9.17) is 0 Å². The number of carbonyl (C=O) groups is 1. The van der Waals surface area contributed by atoms with E-state index in [2.05, 4.69) is 25.7 Å². The molecule has 0 saturated carbocycles. The number of aliphatic carboxylic acids is 1. The lowest BCUT2D eigenvalue weighted by Crippen LogP contribution is -2.47. The van der Waals surface area contributed by atoms with Gasteiger partial charge in [-0.2, -0.15) is 0 Å². The van der Waals surface area contributed by atoms with Crippen molar-refractivity contribution in [2.45, 2.75) is 52.5 Å². The van der Waals surface area contributed by atoms with Gasteiger partial charge in [-0.3, -0.25) is 9.69 Å². The summed E-state index contributed by atoms with van der Waals surface area (Å²) >= 11 is 0. The Kier molecular flexibility index (Phi) is 5.26. The van der Waals surface area contributed by atoms with Crippen LogP contribution < -0.4 is 0 Å². The molecule has 2 unspecified atom stereocenters. The zero-order valence-corrected chi connectivity index (χ0v) is 10.8. The second-order valence-corrected chi connectivity index (χ2v) is 5.56. The topological polar surface area (TPSA) is 40.5 Å². The number of hydrogen-bond acceptors (Lipinski definition) is 2. The van der Waals surface area contributed by atoms with Gasteiger partial charge >= 0.3 is 5.97 Å². The van der Waals surface area contributed by atoms with Crippen LogP contribution in [0.25, 0.3) is 0 Å². The highest BCUT2D eigenvalue weighted by atomic mass is 16.4. The second kappa shape index (κ2) is 6.24. The molecule has 0 amide bonds. The first kappa shape index (κ1) is 13.5. The standard InChI is InChI=1S/C13H25NO2/c1-10(2)5-4-7-14-8-6-11(3)9-12(14)13(15)16/h10-12H,4-9H2,1-3H3,(H,15,16). The maximum Gasteiger partial charge on any atom is 0.320 e. The molecule has 16 heavy (non-hydrogen) atoms. The molecule has 1 fully saturated rings. The van der Waals surface area contributed by atoms with E-state index in [0.29, 0.717) is 11.8 Å². The van der Waals surface area contributed by atoms with Gasteiger partial charge in [-0.15, -0.1) is 0 Å². The van der Waals surface area contributed by atoms with E-state index in [1.54, 1.807) is 0 Å². The van der Waals surface area contributed by atoms with E-state index in [0.717, 1.165) is 32.4 Å². The van der Waals surface area contributed by atoms with Crippen molar-refractivity contribution >= 4 is 5.97 Å². The quantitative estimate of drug-likeness (QED) is 0.785. The van der Waals surface area contributed by atoms with Crippen LogP contribution in [0.2, 0.25) is 0 Å². The Labute approximate surface area is 98.8 Å². The molecule has 0 aromatic rings. The summed E-state index contributed by atoms with van der Waals surface area (Å²) in [5.41, 5.74) is 0. The predicted octanol–water partition coefficient (Wildman–Crippen LogP) is 2.61. The fourth-order valence-corrected chi connectivity index (χ4v) is 2.42. The number of piperidine rings is 1. The Bertz CT molecular complexity index is 228. The first-order valence-corrected chi connectivity index (χ1v) is 6.47. The van der Waals surface area contributed by atoms with Crippen LogP contribution in [0.4, 0.5) is 0 Å². The zero-order valence-electron chi connectivity index (χ0n) is 10.8. The highest BCUT2D eigenvalue weighted by molar-refractivity contribution is 5.73. The predicted molar refractivity (Wildman–Crippen MR) is 65.5 cm³/mol. The largest absolute Gasteiger partial charge is 0.480 e. The molecule has 0 aromatic heterocycles. The van der Waals surface area contributed by atoms with E-state index >= 15 is 0 Å². The fraction of sp³-hybridized carbons (Fsp3) is 0.923. The van der Waals surface area contributed by atoms with Crippen LogP contribution in [0.3, 0.4) is 0 Å². The Hall–Kier alpha value is -0.570. The van der Waals surface area contributed by atoms with Crippen molar-refractivity contribution < 1.29 is 9.90 Å². The molecular formula is C13H25NO2. The lowest BCUT2D eigenvalue weighted by Gasteiger charge is -2.36. The van der Waals surface area contributed by atoms with Gasteiger partial charge in [0.25, 0.3) is 0 Å². The normalized spacial score (nSPS) is 27.2. The summed E-state index contributed by atoms with van der Waals surface area (Å²) in [5.74, 6) is 0.630. The van der Waals surface area contributed by atoms with E-state index in [-0.39, 0.29) is 6.04 Å². The van der Waals surface area contributed by atoms with Crippen molar-refractivity contribution in [1.82, 2.24) is 4.90 Å². The Morgan fingerprint density at radius 3 is 2.75 bits per heavy atom. The second-order valence-electron chi connectivity index (χ2n) is 5.56. The summed E-state index contributed by atoms with van der Waals surface area (Å²) in [6, 6.07) is -0.240. The smallest absolute Gasteiger partial charge is 0.320 e. The Morgan fingerprint density at radius 2 is 2.19 bits per heavy atom. The zero-order chi connectivity index (χ0) is 12.1. The first-order chi connectivity index (χ1) is 7.50. The van der Waals surface area contributed by atoms with Crippen LogP contribution in [0.5, 0.6) is 0 Å². The molecule has 0 radical (unpaired) electrons. The fourth-order valence-electron chi connectivity index (χ4n) is 2.42. The van der Waals surface area contributed by atoms with Crippen LogP contribution in [0.15, 0.2) is 0 Å². The Morgan fingerprint density at radius 1 is 1.50 bits per heavy atom. The van der Waals surface area contributed by atoms with Crippen LogP contribution in [0.1, 0.15) is 46.5 Å². The molecule has 1 rings (SSSR count). The van der Waals surface area contributed by atoms with Gasteiger partial charge in [0.15, 0.2) is 0 Å². The van der Waals surface area contributed by atoms with E-state index in [1.807, 2.05) is 0 Å². The average molecular weight is 227 g/mol. The molecule has 1 heterocycles. The van der Waals surface area contributed by atoms with Gasteiger partial charge < -0.3 is 5.11 Å². The molecule has 1 saturated heterocycles. The summed E-state index contributed by atoms with van der Waals surface area (Å²) in [6.07, 6.45) is 4.27. The number of nitrogens with zero attached hydrogens (tertiary/aromatic N) is 1. The van der Waals surface area contributed by atoms with E-state index < -0.39 is 5.97 Å². The van der Waals surface area contributed by atoms with Crippen molar-refractivity contribution in [3.8, 4) is 0 Å². The monoisotopic (exact) mass is 227 g/mol. The number of likely N-dealkylation sites (tertiary alicyclic amines) is 1. The molecule has 3 nitrogen and oxygen atoms in total. The van der Waals surface area contributed by atoms with Gasteiger partial charge in [-0.25, -0.2) is 0 Å². The van der Waals surface area contributed by atoms with Crippen LogP contribution in [-0.2, 0) is 4.79 Å². The molecule has 3 heteroatoms. The third-order valence-electron chi connectivity index (χ3n) is 3.49. The summed E-state index contributed by atoms with van der Waals surface area (Å²) < 4.78 is 0. The summed E-state index contributed by atoms with van der Waals surface area (Å²) in [5, 5.41) is 9.19. The third kappa shape index (κ3) is 4.12. The van der Waals surface area contributed by atoms with Crippen molar-refractivity contribution in [2.24, 2.45) is 11.8 Å². The van der Waals surface area contributed by atoms with Crippen LogP contribution in [0, 0.1) is 11.8 Å². The molecule has 1 N–H and O–H groups in total. The van der Waals surface area contributed by atoms with Crippen molar-refractivity contribution in [2.75, 3.05) is 13.1 Å². The number of rotatable bonds is 5. The van der Waals surface area contributed by atoms with Crippen molar-refractivity contribution in [3.05, 3.63) is 0 Å². The number of carboxylic acids is 1. The van der Waals surface area contributed by atoms with Gasteiger partial charge in [-0.1, -0.05) is 20.8 Å². The maximum atomic E-state index is 11.2. The summed E-state index contributed by atoms with van der Waals surface area (Å²) in [7, 11) is 0. The lowest BCUT2D eigenvalue weighted by molar-refractivity contribution is -0.145. The minimum Gasteiger partial charge on any atom is -0.480 e. The maximum absolute atomic E-state index is 11.2. The summed E-state index contributed by atoms with van der Waals surface area (Å²) in [4.78, 5) is 13.3. The molecule has 94 valence electrons. The molecule has 0 bridgehead atoms. The molecule has 1 aliphatic rings. The molecule has 2 atom stereocenters. The van der Waals surface area contributed by atoms with Gasteiger partial charge in [0.05, 0.1) is 0 Å². The molecule has 0 aromatic carbocycles. The molecular weight excluding hydrogens is 202 g/mol. The van der Waals surface area contributed by atoms with Gasteiger partial charge in [0, 0.05) is 0 Å². The molecule has 0 aliphatic carbocycles. The van der Waals surface area contributed by atoms with E-state index in [1.165, 1.54) is 6.42 Å². The third-order valence-corrected chi connectivity index (χ3v) is 3.49. The van der Waals surface area contributed by atoms with Gasteiger partial charge in [0.1, 0.15) is 6.04 Å². The van der Waals surface area contributed by atoms with Gasteiger partial charge in [0.2, 0.25) is 0 Å². The Balaban J connectivity index is 2.40. The molecule has 0 spiro atoms. The highest BCUT2D eigenvalue weighted by Gasteiger charge is 2.30. The number of hydrogen-bond donors (Lipinski definition) is 1. The minimum absolute atomic E-state index is 0.240. The average Bonchev–Trinajstić information content (AvgIpc) is 2.19. The van der Waals surface area contributed by atoms with E-state index in [9.17, 15) is 9.90 Å². The summed E-state index contributed by atoms with van der Waals surface area (Å²) in [6.45, 7) is 8.49.